The van der Waals surface area contributed by atoms with Gasteiger partial charge in [-0.1, -0.05) is 30.8 Å². The molecule has 0 saturated carbocycles. The first-order valence-corrected chi connectivity index (χ1v) is 8.83. The predicted octanol–water partition coefficient (Wildman–Crippen LogP) is 2.46. The van der Waals surface area contributed by atoms with Crippen LogP contribution in [0.5, 0.6) is 5.75 Å². The lowest BCUT2D eigenvalue weighted by molar-refractivity contribution is -0.115. The number of nitrogens with one attached hydrogen (secondary N) is 1. The minimum Gasteiger partial charge on any atom is -0.492 e. The van der Waals surface area contributed by atoms with Crippen LogP contribution in [0.15, 0.2) is 29.4 Å². The number of amides is 1. The maximum Gasteiger partial charge on any atom is 0.237 e. The van der Waals surface area contributed by atoms with Gasteiger partial charge < -0.3 is 15.9 Å². The van der Waals surface area contributed by atoms with Crippen LogP contribution in [0.25, 0.3) is 0 Å². The molecular weight excluding hydrogens is 326 g/mol. The minimum absolute atomic E-state index is 0.146. The number of nitrogens with two attached hydrogens (primary N) is 1. The predicted molar refractivity (Wildman–Crippen MR) is 95.7 cm³/mol. The molecule has 0 radical (unpaired) electrons. The van der Waals surface area contributed by atoms with Gasteiger partial charge in [0.05, 0.1) is 17.5 Å². The highest BCUT2D eigenvalue weighted by Gasteiger charge is 2.20. The summed E-state index contributed by atoms with van der Waals surface area (Å²) in [5, 5.41) is 11.1. The van der Waals surface area contributed by atoms with Crippen LogP contribution in [0.2, 0.25) is 0 Å². The maximum atomic E-state index is 12.4. The van der Waals surface area contributed by atoms with E-state index in [9.17, 15) is 4.79 Å². The van der Waals surface area contributed by atoms with E-state index in [0.29, 0.717) is 29.0 Å². The molecule has 0 aliphatic heterocycles. The van der Waals surface area contributed by atoms with Crippen molar-refractivity contribution < 1.29 is 9.53 Å². The van der Waals surface area contributed by atoms with E-state index in [2.05, 4.69) is 15.5 Å². The molecule has 0 fully saturated rings. The number of hydrogen-bond donors (Lipinski definition) is 2. The molecule has 1 amide bonds. The molecule has 3 N–H and O–H groups in total. The third kappa shape index (κ3) is 4.41. The summed E-state index contributed by atoms with van der Waals surface area (Å²) in [5.74, 6) is 7.19. The van der Waals surface area contributed by atoms with Crippen molar-refractivity contribution in [1.29, 1.82) is 0 Å². The fraction of sp³-hybridized carbons (Fsp3) is 0.438. The summed E-state index contributed by atoms with van der Waals surface area (Å²) in [7, 11) is 0. The van der Waals surface area contributed by atoms with E-state index < -0.39 is 0 Å². The van der Waals surface area contributed by atoms with Crippen molar-refractivity contribution in [2.75, 3.05) is 17.8 Å². The molecule has 7 nitrogen and oxygen atoms in total. The Kier molecular flexibility index (Phi) is 6.48. The summed E-state index contributed by atoms with van der Waals surface area (Å²) < 4.78 is 6.97. The molecule has 0 aliphatic carbocycles. The van der Waals surface area contributed by atoms with Crippen molar-refractivity contribution in [2.24, 2.45) is 0 Å². The number of thioether (sulfide) groups is 1. The molecule has 0 bridgehead atoms. The van der Waals surface area contributed by atoms with Crippen LogP contribution in [0, 0.1) is 0 Å². The van der Waals surface area contributed by atoms with Gasteiger partial charge in [0.1, 0.15) is 5.75 Å². The smallest absolute Gasteiger partial charge is 0.237 e. The molecule has 2 rings (SSSR count). The van der Waals surface area contributed by atoms with Crippen LogP contribution in [0.3, 0.4) is 0 Å². The molecule has 1 atom stereocenters. The molecular formula is C16H23N5O2S. The third-order valence-corrected chi connectivity index (χ3v) is 4.36. The fourth-order valence-corrected chi connectivity index (χ4v) is 2.87. The Morgan fingerprint density at radius 3 is 2.83 bits per heavy atom. The maximum absolute atomic E-state index is 12.4. The van der Waals surface area contributed by atoms with E-state index >= 15 is 0 Å². The summed E-state index contributed by atoms with van der Waals surface area (Å²) in [6, 6.07) is 7.35. The Labute approximate surface area is 145 Å². The molecule has 1 aromatic heterocycles. The van der Waals surface area contributed by atoms with Crippen LogP contribution in [-0.2, 0) is 11.2 Å². The van der Waals surface area contributed by atoms with Gasteiger partial charge in [-0.3, -0.25) is 4.79 Å². The number of aryl methyl sites for hydroxylation is 1. The molecule has 130 valence electrons. The Balaban J connectivity index is 2.02. The lowest BCUT2D eigenvalue weighted by Gasteiger charge is -2.14. The minimum atomic E-state index is -0.374. The number of nitrogen functional groups attached to an aromatic ring is 1. The molecule has 2 aromatic rings. The van der Waals surface area contributed by atoms with Gasteiger partial charge in [-0.15, -0.1) is 10.2 Å². The number of rotatable bonds is 8. The van der Waals surface area contributed by atoms with Crippen molar-refractivity contribution >= 4 is 23.4 Å². The van der Waals surface area contributed by atoms with Gasteiger partial charge in [0.15, 0.2) is 5.82 Å². The Bertz CT molecular complexity index is 689. The van der Waals surface area contributed by atoms with Crippen LogP contribution >= 0.6 is 11.8 Å². The van der Waals surface area contributed by atoms with Crippen molar-refractivity contribution in [1.82, 2.24) is 14.9 Å². The van der Waals surface area contributed by atoms with E-state index in [1.807, 2.05) is 38.1 Å². The number of nitrogens with zero attached hydrogens (tertiary/aromatic N) is 3. The average molecular weight is 349 g/mol. The second-order valence-electron chi connectivity index (χ2n) is 5.20. The first-order valence-electron chi connectivity index (χ1n) is 7.95. The quantitative estimate of drug-likeness (QED) is 0.561. The summed E-state index contributed by atoms with van der Waals surface area (Å²) >= 11 is 1.27. The van der Waals surface area contributed by atoms with E-state index in [0.717, 1.165) is 12.8 Å². The number of benzene rings is 1. The van der Waals surface area contributed by atoms with Crippen LogP contribution < -0.4 is 15.9 Å². The Morgan fingerprint density at radius 2 is 2.12 bits per heavy atom. The van der Waals surface area contributed by atoms with Gasteiger partial charge in [-0.25, -0.2) is 4.68 Å². The largest absolute Gasteiger partial charge is 0.492 e. The summed E-state index contributed by atoms with van der Waals surface area (Å²) in [6.45, 7) is 6.29. The van der Waals surface area contributed by atoms with E-state index in [1.54, 1.807) is 6.92 Å². The zero-order valence-electron chi connectivity index (χ0n) is 14.2. The molecule has 0 unspecified atom stereocenters. The zero-order chi connectivity index (χ0) is 17.5. The second-order valence-corrected chi connectivity index (χ2v) is 6.51. The van der Waals surface area contributed by atoms with Crippen LogP contribution in [0.1, 0.15) is 33.0 Å². The highest BCUT2D eigenvalue weighted by molar-refractivity contribution is 8.00. The lowest BCUT2D eigenvalue weighted by atomic mass is 10.3. The van der Waals surface area contributed by atoms with Crippen molar-refractivity contribution in [3.63, 3.8) is 0 Å². The highest BCUT2D eigenvalue weighted by atomic mass is 32.2. The molecule has 0 saturated heterocycles. The van der Waals surface area contributed by atoms with Gasteiger partial charge >= 0.3 is 0 Å². The number of carbonyl (C=O) groups excluding carboxylic acids is 1. The van der Waals surface area contributed by atoms with Crippen molar-refractivity contribution in [3.05, 3.63) is 30.1 Å². The van der Waals surface area contributed by atoms with E-state index in [1.165, 1.54) is 16.4 Å². The first kappa shape index (κ1) is 18.1. The van der Waals surface area contributed by atoms with Gasteiger partial charge in [0.2, 0.25) is 11.1 Å². The topological polar surface area (TPSA) is 95.1 Å². The molecule has 0 spiro atoms. The molecule has 0 aliphatic rings. The standard InChI is InChI=1S/C16H23N5O2S/c1-4-8-14-19-20-16(21(14)17)24-11(3)15(22)18-12-9-6-7-10-13(12)23-5-2/h6-7,9-11H,4-5,8,17H2,1-3H3,(H,18,22)/t11-/m0/s1. The van der Waals surface area contributed by atoms with Gasteiger partial charge in [0, 0.05) is 6.42 Å². The summed E-state index contributed by atoms with van der Waals surface area (Å²) in [6.07, 6.45) is 1.69. The molecule has 1 aromatic carbocycles. The molecule has 1 heterocycles. The van der Waals surface area contributed by atoms with Crippen molar-refractivity contribution in [2.45, 2.75) is 44.0 Å². The molecule has 8 heteroatoms. The number of ether oxygens (including phenoxy) is 1. The van der Waals surface area contributed by atoms with E-state index in [-0.39, 0.29) is 11.2 Å². The van der Waals surface area contributed by atoms with Crippen LogP contribution in [-0.4, -0.2) is 32.6 Å². The highest BCUT2D eigenvalue weighted by Crippen LogP contribution is 2.26. The molecule has 24 heavy (non-hydrogen) atoms. The number of anilines is 1. The monoisotopic (exact) mass is 349 g/mol. The number of aromatic nitrogens is 3. The van der Waals surface area contributed by atoms with E-state index in [4.69, 9.17) is 10.6 Å². The SMILES string of the molecule is CCCc1nnc(S[C@@H](C)C(=O)Nc2ccccc2OCC)n1N. The van der Waals surface area contributed by atoms with Crippen LogP contribution in [0.4, 0.5) is 5.69 Å². The second kappa shape index (κ2) is 8.58. The number of hydrogen-bond acceptors (Lipinski definition) is 6. The van der Waals surface area contributed by atoms with Gasteiger partial charge in [0.25, 0.3) is 0 Å². The zero-order valence-corrected chi connectivity index (χ0v) is 15.0. The lowest BCUT2D eigenvalue weighted by Crippen LogP contribution is -2.24. The van der Waals surface area contributed by atoms with Gasteiger partial charge in [-0.05, 0) is 32.4 Å². The number of carbonyl (C=O) groups is 1. The van der Waals surface area contributed by atoms with Gasteiger partial charge in [-0.2, -0.15) is 0 Å². The van der Waals surface area contributed by atoms with Crippen molar-refractivity contribution in [3.8, 4) is 5.75 Å². The first-order chi connectivity index (χ1) is 11.6. The Hall–Kier alpha value is -2.22. The average Bonchev–Trinajstić information content (AvgIpc) is 2.90. The summed E-state index contributed by atoms with van der Waals surface area (Å²) in [5.41, 5.74) is 0.651. The Morgan fingerprint density at radius 1 is 1.38 bits per heavy atom. The normalized spacial score (nSPS) is 12.0. The third-order valence-electron chi connectivity index (χ3n) is 3.30. The number of para-hydroxylation sites is 2. The summed E-state index contributed by atoms with van der Waals surface area (Å²) in [4.78, 5) is 12.4. The fourth-order valence-electron chi connectivity index (χ4n) is 2.08.